The number of hydrogen-bond acceptors (Lipinski definition) is 1. The summed E-state index contributed by atoms with van der Waals surface area (Å²) in [5.74, 6) is 0. The molecule has 0 aliphatic heterocycles. The maximum absolute atomic E-state index is 3.10. The predicted molar refractivity (Wildman–Crippen MR) is 55.6 cm³/mol. The van der Waals surface area contributed by atoms with E-state index in [1.807, 2.05) is 7.05 Å². The zero-order valence-electron chi connectivity index (χ0n) is 8.26. The van der Waals surface area contributed by atoms with Crippen LogP contribution < -0.4 is 9.80 Å². The number of benzene rings is 1. The van der Waals surface area contributed by atoms with Gasteiger partial charge in [-0.25, -0.2) is 0 Å². The minimum atomic E-state index is 0.865. The minimum absolute atomic E-state index is 0.865. The van der Waals surface area contributed by atoms with E-state index in [4.69, 9.17) is 0 Å². The van der Waals surface area contributed by atoms with Crippen molar-refractivity contribution in [2.75, 3.05) is 33.5 Å². The summed E-state index contributed by atoms with van der Waals surface area (Å²) in [7, 11) is 8.41. The highest BCUT2D eigenvalue weighted by molar-refractivity contribution is 5.52. The van der Waals surface area contributed by atoms with Crippen LogP contribution in [0, 0.1) is 0 Å². The van der Waals surface area contributed by atoms with E-state index in [2.05, 4.69) is 50.7 Å². The molecule has 0 saturated heterocycles. The molecule has 1 rings (SSSR count). The molecule has 0 saturated carbocycles. The van der Waals surface area contributed by atoms with Gasteiger partial charge in [0.25, 0.3) is 0 Å². The van der Waals surface area contributed by atoms with E-state index in [1.165, 1.54) is 5.69 Å². The first-order valence-corrected chi connectivity index (χ1v) is 4.14. The summed E-state index contributed by atoms with van der Waals surface area (Å²) < 4.78 is 0.865. The Morgan fingerprint density at radius 3 is 1.83 bits per heavy atom. The Morgan fingerprint density at radius 2 is 1.50 bits per heavy atom. The van der Waals surface area contributed by atoms with E-state index in [9.17, 15) is 0 Å². The van der Waals surface area contributed by atoms with Crippen molar-refractivity contribution in [3.63, 3.8) is 0 Å². The molecule has 0 aliphatic rings. The van der Waals surface area contributed by atoms with Gasteiger partial charge >= 0.3 is 0 Å². The quantitative estimate of drug-likeness (QED) is 0.660. The smallest absolute Gasteiger partial charge is 0.132 e. The van der Waals surface area contributed by atoms with Gasteiger partial charge in [-0.3, -0.25) is 4.48 Å². The van der Waals surface area contributed by atoms with Crippen LogP contribution in [0.4, 0.5) is 11.4 Å². The number of nitrogens with zero attached hydrogens (tertiary/aromatic N) is 1. The van der Waals surface area contributed by atoms with Gasteiger partial charge in [-0.2, -0.15) is 0 Å². The van der Waals surface area contributed by atoms with Gasteiger partial charge < -0.3 is 5.32 Å². The molecule has 1 N–H and O–H groups in total. The van der Waals surface area contributed by atoms with Crippen LogP contribution in [0.2, 0.25) is 0 Å². The zero-order chi connectivity index (χ0) is 9.19. The fourth-order valence-corrected chi connectivity index (χ4v) is 1.08. The molecular formula is C10H17N2+. The van der Waals surface area contributed by atoms with Gasteiger partial charge in [0.2, 0.25) is 0 Å². The Morgan fingerprint density at radius 1 is 1.00 bits per heavy atom. The van der Waals surface area contributed by atoms with Crippen molar-refractivity contribution in [2.45, 2.75) is 0 Å². The average molecular weight is 165 g/mol. The van der Waals surface area contributed by atoms with Crippen molar-refractivity contribution in [1.29, 1.82) is 0 Å². The molecule has 0 radical (unpaired) electrons. The Balaban J connectivity index is 2.93. The topological polar surface area (TPSA) is 12.0 Å². The lowest BCUT2D eigenvalue weighted by molar-refractivity contribution is 0.486. The number of rotatable bonds is 2. The second-order valence-electron chi connectivity index (χ2n) is 3.81. The molecule has 0 atom stereocenters. The maximum Gasteiger partial charge on any atom is 0.132 e. The van der Waals surface area contributed by atoms with Gasteiger partial charge in [0.15, 0.2) is 0 Å². The first kappa shape index (κ1) is 9.07. The van der Waals surface area contributed by atoms with Crippen molar-refractivity contribution in [3.05, 3.63) is 24.3 Å². The first-order valence-electron chi connectivity index (χ1n) is 4.14. The number of hydrogen-bond donors (Lipinski definition) is 1. The molecule has 2 nitrogen and oxygen atoms in total. The van der Waals surface area contributed by atoms with Crippen LogP contribution in [0.1, 0.15) is 0 Å². The van der Waals surface area contributed by atoms with Gasteiger partial charge in [0, 0.05) is 24.9 Å². The highest BCUT2D eigenvalue weighted by Crippen LogP contribution is 2.18. The predicted octanol–water partition coefficient (Wildman–Crippen LogP) is 1.92. The summed E-state index contributed by atoms with van der Waals surface area (Å²) in [4.78, 5) is 0. The SMILES string of the molecule is CNc1ccc([N+](C)(C)C)cc1. The molecule has 2 heteroatoms. The monoisotopic (exact) mass is 165 g/mol. The molecule has 1 aromatic rings. The molecule has 0 aliphatic carbocycles. The molecule has 0 fully saturated rings. The van der Waals surface area contributed by atoms with E-state index < -0.39 is 0 Å². The number of anilines is 1. The fraction of sp³-hybridized carbons (Fsp3) is 0.400. The van der Waals surface area contributed by atoms with Gasteiger partial charge in [0.1, 0.15) is 5.69 Å². The molecule has 0 bridgehead atoms. The maximum atomic E-state index is 3.10. The fourth-order valence-electron chi connectivity index (χ4n) is 1.08. The second-order valence-corrected chi connectivity index (χ2v) is 3.81. The van der Waals surface area contributed by atoms with Crippen LogP contribution in [0.3, 0.4) is 0 Å². The van der Waals surface area contributed by atoms with Crippen LogP contribution >= 0.6 is 0 Å². The third kappa shape index (κ3) is 1.98. The Kier molecular flexibility index (Phi) is 2.38. The van der Waals surface area contributed by atoms with Crippen molar-refractivity contribution in [1.82, 2.24) is 4.48 Å². The highest BCUT2D eigenvalue weighted by atomic mass is 15.3. The van der Waals surface area contributed by atoms with Crippen molar-refractivity contribution < 1.29 is 0 Å². The summed E-state index contributed by atoms with van der Waals surface area (Å²) in [6, 6.07) is 8.48. The van der Waals surface area contributed by atoms with Gasteiger partial charge in [0.05, 0.1) is 21.1 Å². The standard InChI is InChI=1S/C10H17N2/c1-11-9-5-7-10(8-6-9)12(2,3)4/h5-8,11H,1-4H3/q+1. The van der Waals surface area contributed by atoms with Gasteiger partial charge in [-0.05, 0) is 12.1 Å². The average Bonchev–Trinajstić information content (AvgIpc) is 2.03. The molecule has 12 heavy (non-hydrogen) atoms. The lowest BCUT2D eigenvalue weighted by atomic mass is 10.2. The summed E-state index contributed by atoms with van der Waals surface area (Å²) >= 11 is 0. The number of quaternary nitrogens is 1. The molecule has 0 aromatic heterocycles. The van der Waals surface area contributed by atoms with Crippen LogP contribution in [-0.4, -0.2) is 28.2 Å². The Labute approximate surface area is 74.4 Å². The minimum Gasteiger partial charge on any atom is -0.388 e. The highest BCUT2D eigenvalue weighted by Gasteiger charge is 2.10. The lowest BCUT2D eigenvalue weighted by Gasteiger charge is -2.23. The van der Waals surface area contributed by atoms with Gasteiger partial charge in [-0.1, -0.05) is 0 Å². The van der Waals surface area contributed by atoms with Crippen molar-refractivity contribution in [3.8, 4) is 0 Å². The third-order valence-electron chi connectivity index (χ3n) is 1.93. The van der Waals surface area contributed by atoms with E-state index in [1.54, 1.807) is 0 Å². The Bertz CT molecular complexity index is 244. The van der Waals surface area contributed by atoms with Crippen LogP contribution in [-0.2, 0) is 0 Å². The van der Waals surface area contributed by atoms with E-state index >= 15 is 0 Å². The molecule has 0 spiro atoms. The first-order chi connectivity index (χ1) is 5.54. The summed E-state index contributed by atoms with van der Waals surface area (Å²) in [5, 5.41) is 3.10. The molecular weight excluding hydrogens is 148 g/mol. The summed E-state index contributed by atoms with van der Waals surface area (Å²) in [5.41, 5.74) is 2.47. The van der Waals surface area contributed by atoms with E-state index in [0.717, 1.165) is 10.2 Å². The van der Waals surface area contributed by atoms with Crippen LogP contribution in [0.25, 0.3) is 0 Å². The molecule has 0 unspecified atom stereocenters. The summed E-state index contributed by atoms with van der Waals surface area (Å²) in [6.45, 7) is 0. The molecule has 0 heterocycles. The Hall–Kier alpha value is -1.02. The largest absolute Gasteiger partial charge is 0.388 e. The third-order valence-corrected chi connectivity index (χ3v) is 1.93. The number of nitrogens with one attached hydrogen (secondary N) is 1. The van der Waals surface area contributed by atoms with Crippen molar-refractivity contribution >= 4 is 11.4 Å². The second kappa shape index (κ2) is 3.15. The lowest BCUT2D eigenvalue weighted by Crippen LogP contribution is -2.34. The van der Waals surface area contributed by atoms with E-state index in [0.29, 0.717) is 0 Å². The molecule has 0 amide bonds. The van der Waals surface area contributed by atoms with Gasteiger partial charge in [-0.15, -0.1) is 0 Å². The van der Waals surface area contributed by atoms with Crippen molar-refractivity contribution in [2.24, 2.45) is 0 Å². The summed E-state index contributed by atoms with van der Waals surface area (Å²) in [6.07, 6.45) is 0. The zero-order valence-corrected chi connectivity index (χ0v) is 8.26. The molecule has 66 valence electrons. The van der Waals surface area contributed by atoms with Crippen LogP contribution in [0.15, 0.2) is 24.3 Å². The normalized spacial score (nSPS) is 11.3. The van der Waals surface area contributed by atoms with E-state index in [-0.39, 0.29) is 0 Å². The molecule has 1 aromatic carbocycles. The van der Waals surface area contributed by atoms with Crippen LogP contribution in [0.5, 0.6) is 0 Å².